The van der Waals surface area contributed by atoms with Crippen molar-refractivity contribution < 1.29 is 39.9 Å². The fourth-order valence-corrected chi connectivity index (χ4v) is 7.33. The molecule has 0 saturated heterocycles. The molecule has 0 heterocycles. The van der Waals surface area contributed by atoms with Crippen LogP contribution in [-0.2, 0) is 21.8 Å². The van der Waals surface area contributed by atoms with E-state index in [0.29, 0.717) is 35.7 Å². The van der Waals surface area contributed by atoms with Gasteiger partial charge in [0.15, 0.2) is 0 Å². The van der Waals surface area contributed by atoms with Crippen LogP contribution < -0.4 is 18.1 Å². The van der Waals surface area contributed by atoms with Crippen LogP contribution in [-0.4, -0.2) is 5.40 Å². The van der Waals surface area contributed by atoms with Gasteiger partial charge in [0.2, 0.25) is 5.40 Å². The van der Waals surface area contributed by atoms with Crippen LogP contribution in [0.5, 0.6) is 23.0 Å². The van der Waals surface area contributed by atoms with Crippen LogP contribution in [0.2, 0.25) is 0 Å². The number of benzene rings is 4. The molecule has 37 heavy (non-hydrogen) atoms. The quantitative estimate of drug-likeness (QED) is 0.129. The molecule has 0 atom stereocenters. The molecular weight excluding hydrogens is 600 g/mol. The summed E-state index contributed by atoms with van der Waals surface area (Å²) < 4.78 is 52.2. The molecule has 4 aromatic rings. The van der Waals surface area contributed by atoms with E-state index in [9.17, 15) is 9.13 Å². The number of hydrogen-bond donors (Lipinski definition) is 0. The molecule has 0 aliphatic carbocycles. The molecule has 0 saturated carbocycles. The van der Waals surface area contributed by atoms with E-state index in [-0.39, 0.29) is 0 Å². The zero-order valence-electron chi connectivity index (χ0n) is 19.5. The second-order valence-electron chi connectivity index (χ2n) is 7.37. The first-order valence-corrected chi connectivity index (χ1v) is 16.8. The van der Waals surface area contributed by atoms with Gasteiger partial charge in [-0.05, 0) is 55.5 Å². The predicted molar refractivity (Wildman–Crippen MR) is 145 cm³/mol. The molecule has 11 heteroatoms. The Balaban J connectivity index is 0.00000121. The summed E-state index contributed by atoms with van der Waals surface area (Å²) in [4.78, 5) is 0. The van der Waals surface area contributed by atoms with Gasteiger partial charge in [0.25, 0.3) is 0 Å². The first-order valence-electron chi connectivity index (χ1n) is 10.9. The van der Waals surface area contributed by atoms with Crippen molar-refractivity contribution in [2.45, 2.75) is 12.3 Å². The Bertz CT molecular complexity index is 1110. The molecule has 0 amide bonds. The van der Waals surface area contributed by atoms with E-state index in [2.05, 4.69) is 0 Å². The van der Waals surface area contributed by atoms with Gasteiger partial charge in [0, 0.05) is 0 Å². The molecule has 0 bridgehead atoms. The van der Waals surface area contributed by atoms with Crippen molar-refractivity contribution in [3.63, 3.8) is 0 Å². The van der Waals surface area contributed by atoms with Crippen molar-refractivity contribution in [2.75, 3.05) is 0 Å². The van der Waals surface area contributed by atoms with Crippen molar-refractivity contribution in [2.24, 2.45) is 0 Å². The predicted octanol–water partition coefficient (Wildman–Crippen LogP) is 9.41. The number of rotatable bonds is 10. The molecule has 0 spiro atoms. The third kappa shape index (κ3) is 8.85. The van der Waals surface area contributed by atoms with E-state index in [1.807, 2.05) is 0 Å². The first-order chi connectivity index (χ1) is 17.9. The molecule has 6 nitrogen and oxygen atoms in total. The van der Waals surface area contributed by atoms with Gasteiger partial charge in [-0.15, -0.1) is 0 Å². The van der Waals surface area contributed by atoms with Crippen LogP contribution in [0.25, 0.3) is 0 Å². The second kappa shape index (κ2) is 14.5. The average Bonchev–Trinajstić information content (AvgIpc) is 2.91. The molecule has 4 rings (SSSR count). The molecular formula is C26H24Cl2NiO6P2. The van der Waals surface area contributed by atoms with Crippen LogP contribution in [0, 0.1) is 0 Å². The Hall–Kier alpha value is -2.39. The van der Waals surface area contributed by atoms with Crippen molar-refractivity contribution in [3.8, 4) is 23.0 Å². The molecule has 0 N–H and O–H groups in total. The number of para-hydroxylation sites is 4. The van der Waals surface area contributed by atoms with Gasteiger partial charge in [-0.25, -0.2) is 9.13 Å². The number of hydrogen-bond acceptors (Lipinski definition) is 6. The Morgan fingerprint density at radius 3 is 0.892 bits per heavy atom. The fraction of sp³-hybridized carbons (Fsp3) is 0.0769. The normalized spacial score (nSPS) is 11.2. The number of halogens is 2. The van der Waals surface area contributed by atoms with Crippen molar-refractivity contribution in [1.82, 2.24) is 0 Å². The van der Waals surface area contributed by atoms with Gasteiger partial charge in [-0.1, -0.05) is 72.8 Å². The van der Waals surface area contributed by atoms with E-state index < -0.39 is 20.6 Å². The standard InChI is InChI=1S/C26H24O6P2.2ClH.Ni/c1-22(33(27,29-23-14-6-2-7-15-23)30-24-16-8-3-9-17-24)34(28,31-25-18-10-4-11-19-25)32-26-20-12-5-13-21-26;;;/h2-22H,1H3;2*1H;/q;;;+2/p-2. The van der Waals surface area contributed by atoms with Crippen LogP contribution in [0.4, 0.5) is 0 Å². The van der Waals surface area contributed by atoms with E-state index in [1.54, 1.807) is 121 Å². The third-order valence-corrected chi connectivity index (χ3v) is 10.2. The van der Waals surface area contributed by atoms with Gasteiger partial charge in [0.05, 0.1) is 0 Å². The van der Waals surface area contributed by atoms with E-state index >= 15 is 0 Å². The molecule has 0 unspecified atom stereocenters. The van der Waals surface area contributed by atoms with Crippen LogP contribution in [0.1, 0.15) is 6.92 Å². The maximum atomic E-state index is 14.3. The van der Waals surface area contributed by atoms with Gasteiger partial charge in [-0.3, -0.25) is 0 Å². The third-order valence-electron chi connectivity index (χ3n) is 4.82. The Kier molecular flexibility index (Phi) is 11.5. The van der Waals surface area contributed by atoms with Gasteiger partial charge < -0.3 is 18.1 Å². The van der Waals surface area contributed by atoms with Crippen molar-refractivity contribution >= 4 is 35.6 Å². The molecule has 0 fully saturated rings. The molecule has 0 aliphatic rings. The van der Waals surface area contributed by atoms with Crippen LogP contribution >= 0.6 is 35.6 Å². The topological polar surface area (TPSA) is 71.1 Å². The van der Waals surface area contributed by atoms with Gasteiger partial charge in [0.1, 0.15) is 23.0 Å². The first kappa shape index (κ1) is 29.2. The maximum absolute atomic E-state index is 14.3. The summed E-state index contributed by atoms with van der Waals surface area (Å²) in [5.41, 5.74) is 0. The van der Waals surface area contributed by atoms with E-state index in [1.165, 1.54) is 6.92 Å². The van der Waals surface area contributed by atoms with Crippen LogP contribution in [0.15, 0.2) is 121 Å². The summed E-state index contributed by atoms with van der Waals surface area (Å²) in [5.74, 6) is 1.22. The monoisotopic (exact) mass is 622 g/mol. The Morgan fingerprint density at radius 2 is 0.703 bits per heavy atom. The van der Waals surface area contributed by atoms with Crippen molar-refractivity contribution in [1.29, 1.82) is 0 Å². The molecule has 4 aromatic carbocycles. The summed E-state index contributed by atoms with van der Waals surface area (Å²) in [6, 6.07) is 34.4. The molecule has 198 valence electrons. The summed E-state index contributed by atoms with van der Waals surface area (Å²) in [7, 11) is 1.08. The Morgan fingerprint density at radius 1 is 0.514 bits per heavy atom. The summed E-state index contributed by atoms with van der Waals surface area (Å²) >= 11 is 0.569. The van der Waals surface area contributed by atoms with Crippen LogP contribution in [0.3, 0.4) is 0 Å². The summed E-state index contributed by atoms with van der Waals surface area (Å²) in [5, 5.41) is -1.29. The molecule has 0 aromatic heterocycles. The SMILES string of the molecule is CC(P(=O)(Oc1ccccc1)Oc1ccccc1)P(=O)(Oc1ccccc1)Oc1ccccc1.[Cl][Ni][Cl]. The minimum atomic E-state index is -4.16. The molecule has 0 aliphatic heterocycles. The Labute approximate surface area is 231 Å². The van der Waals surface area contributed by atoms with Crippen molar-refractivity contribution in [3.05, 3.63) is 121 Å². The summed E-state index contributed by atoms with van der Waals surface area (Å²) in [6.45, 7) is 1.49. The minimum absolute atomic E-state index is 0.305. The van der Waals surface area contributed by atoms with Gasteiger partial charge in [-0.2, -0.15) is 0 Å². The summed E-state index contributed by atoms with van der Waals surface area (Å²) in [6.07, 6.45) is 0. The zero-order valence-corrected chi connectivity index (χ0v) is 23.8. The molecule has 0 radical (unpaired) electrons. The van der Waals surface area contributed by atoms with E-state index in [4.69, 9.17) is 38.5 Å². The fourth-order valence-electron chi connectivity index (χ4n) is 3.03. The van der Waals surface area contributed by atoms with E-state index in [0.717, 1.165) is 0 Å². The average molecular weight is 624 g/mol. The zero-order chi connectivity index (χ0) is 26.6. The second-order valence-corrected chi connectivity index (χ2v) is 13.9. The van der Waals surface area contributed by atoms with Gasteiger partial charge >= 0.3 is 48.2 Å².